The van der Waals surface area contributed by atoms with Crippen molar-refractivity contribution in [2.75, 3.05) is 18.5 Å². The number of aliphatic hydroxyl groups is 1. The Bertz CT molecular complexity index is 836. The van der Waals surface area contributed by atoms with Crippen LogP contribution in [0.2, 0.25) is 0 Å². The van der Waals surface area contributed by atoms with Gasteiger partial charge in [-0.3, -0.25) is 4.79 Å². The van der Waals surface area contributed by atoms with E-state index in [0.717, 1.165) is 5.56 Å². The molecule has 2 aromatic rings. The number of phenols is 1. The van der Waals surface area contributed by atoms with E-state index in [1.165, 1.54) is 6.07 Å². The third kappa shape index (κ3) is 5.16. The number of nitrogens with one attached hydrogen (secondary N) is 1. The van der Waals surface area contributed by atoms with Crippen LogP contribution in [0.5, 0.6) is 5.75 Å². The Labute approximate surface area is 170 Å². The lowest BCUT2D eigenvalue weighted by Gasteiger charge is -2.37. The second-order valence-electron chi connectivity index (χ2n) is 6.91. The van der Waals surface area contributed by atoms with Crippen LogP contribution in [0.3, 0.4) is 0 Å². The third-order valence-electron chi connectivity index (χ3n) is 4.97. The topological polar surface area (TPSA) is 88.0 Å². The minimum absolute atomic E-state index is 0.0148. The Balaban J connectivity index is 1.92. The van der Waals surface area contributed by atoms with Gasteiger partial charge in [0.1, 0.15) is 5.75 Å². The van der Waals surface area contributed by atoms with Crippen molar-refractivity contribution in [2.45, 2.75) is 32.0 Å². The number of allylic oxidation sites excluding steroid dienone is 1. The zero-order valence-electron chi connectivity index (χ0n) is 16.5. The van der Waals surface area contributed by atoms with E-state index in [9.17, 15) is 15.0 Å². The first-order valence-electron chi connectivity index (χ1n) is 9.89. The molecule has 6 nitrogen and oxygen atoms in total. The van der Waals surface area contributed by atoms with E-state index in [2.05, 4.69) is 5.32 Å². The lowest BCUT2D eigenvalue weighted by molar-refractivity contribution is -0.165. The summed E-state index contributed by atoms with van der Waals surface area (Å²) in [5, 5.41) is 21.9. The molecule has 0 aromatic heterocycles. The minimum Gasteiger partial charge on any atom is -0.506 e. The third-order valence-corrected chi connectivity index (χ3v) is 4.97. The molecule has 3 unspecified atom stereocenters. The van der Waals surface area contributed by atoms with Gasteiger partial charge >= 0.3 is 0 Å². The van der Waals surface area contributed by atoms with E-state index in [1.807, 2.05) is 43.3 Å². The average molecular weight is 397 g/mol. The number of aliphatic hydroxyl groups excluding tert-OH is 1. The van der Waals surface area contributed by atoms with Gasteiger partial charge in [-0.2, -0.15) is 0 Å². The van der Waals surface area contributed by atoms with Crippen LogP contribution in [0.1, 0.15) is 31.2 Å². The maximum absolute atomic E-state index is 12.9. The van der Waals surface area contributed by atoms with Crippen molar-refractivity contribution in [3.8, 4) is 5.75 Å². The molecule has 29 heavy (non-hydrogen) atoms. The zero-order valence-corrected chi connectivity index (χ0v) is 16.5. The van der Waals surface area contributed by atoms with Crippen molar-refractivity contribution >= 4 is 11.6 Å². The highest BCUT2D eigenvalue weighted by Gasteiger charge is 2.37. The number of hydrogen-bond donors (Lipinski definition) is 3. The lowest BCUT2D eigenvalue weighted by Crippen LogP contribution is -2.37. The fourth-order valence-corrected chi connectivity index (χ4v) is 3.58. The van der Waals surface area contributed by atoms with Crippen molar-refractivity contribution in [1.82, 2.24) is 0 Å². The number of para-hydroxylation sites is 2. The number of benzene rings is 2. The maximum Gasteiger partial charge on any atom is 0.290 e. The highest BCUT2D eigenvalue weighted by atomic mass is 16.7. The van der Waals surface area contributed by atoms with Crippen LogP contribution < -0.4 is 5.32 Å². The first-order chi connectivity index (χ1) is 14.1. The van der Waals surface area contributed by atoms with Gasteiger partial charge < -0.3 is 25.0 Å². The molecular formula is C23H27NO5. The Kier molecular flexibility index (Phi) is 7.27. The molecule has 0 saturated carbocycles. The summed E-state index contributed by atoms with van der Waals surface area (Å²) in [6, 6.07) is 16.4. The van der Waals surface area contributed by atoms with Gasteiger partial charge in [0.15, 0.2) is 5.76 Å². The summed E-state index contributed by atoms with van der Waals surface area (Å²) < 4.78 is 11.8. The number of carbonyl (C=O) groups excluding carboxylic acids is 1. The van der Waals surface area contributed by atoms with Crippen LogP contribution in [0.25, 0.3) is 0 Å². The van der Waals surface area contributed by atoms with E-state index < -0.39 is 12.2 Å². The summed E-state index contributed by atoms with van der Waals surface area (Å²) in [6.07, 6.45) is 2.52. The summed E-state index contributed by atoms with van der Waals surface area (Å²) in [5.41, 5.74) is 1.37. The van der Waals surface area contributed by atoms with Crippen LogP contribution in [-0.4, -0.2) is 35.6 Å². The van der Waals surface area contributed by atoms with Crippen molar-refractivity contribution in [3.63, 3.8) is 0 Å². The number of ether oxygens (including phenoxy) is 2. The van der Waals surface area contributed by atoms with Crippen LogP contribution >= 0.6 is 0 Å². The van der Waals surface area contributed by atoms with Gasteiger partial charge in [0, 0.05) is 25.0 Å². The molecule has 3 rings (SSSR count). The SMILES string of the molecule is CCOC1OC(C(=O)Nc2ccccc2O)=CC(c2ccccc2)C1CCCO. The fraction of sp³-hybridized carbons (Fsp3) is 0.348. The molecule has 0 spiro atoms. The van der Waals surface area contributed by atoms with Gasteiger partial charge in [0.25, 0.3) is 5.91 Å². The second kappa shape index (κ2) is 10.1. The molecule has 0 bridgehead atoms. The molecule has 0 radical (unpaired) electrons. The maximum atomic E-state index is 12.9. The summed E-state index contributed by atoms with van der Waals surface area (Å²) >= 11 is 0. The number of rotatable bonds is 8. The first kappa shape index (κ1) is 20.9. The summed E-state index contributed by atoms with van der Waals surface area (Å²) in [7, 11) is 0. The predicted octanol–water partition coefficient (Wildman–Crippen LogP) is 3.78. The lowest BCUT2D eigenvalue weighted by atomic mass is 9.80. The number of anilines is 1. The highest BCUT2D eigenvalue weighted by molar-refractivity contribution is 6.03. The second-order valence-corrected chi connectivity index (χ2v) is 6.91. The number of hydrogen-bond acceptors (Lipinski definition) is 5. The van der Waals surface area contributed by atoms with E-state index in [1.54, 1.807) is 18.2 Å². The Hall–Kier alpha value is -2.83. The molecule has 2 aromatic carbocycles. The molecule has 154 valence electrons. The van der Waals surface area contributed by atoms with Crippen LogP contribution in [-0.2, 0) is 14.3 Å². The number of carbonyl (C=O) groups is 1. The molecule has 3 N–H and O–H groups in total. The van der Waals surface area contributed by atoms with Gasteiger partial charge in [-0.05, 0) is 43.5 Å². The van der Waals surface area contributed by atoms with Gasteiger partial charge in [-0.15, -0.1) is 0 Å². The monoisotopic (exact) mass is 397 g/mol. The summed E-state index contributed by atoms with van der Waals surface area (Å²) in [6.45, 7) is 2.40. The first-order valence-corrected chi connectivity index (χ1v) is 9.89. The molecule has 1 amide bonds. The van der Waals surface area contributed by atoms with Crippen molar-refractivity contribution in [1.29, 1.82) is 0 Å². The van der Waals surface area contributed by atoms with Gasteiger partial charge in [-0.25, -0.2) is 0 Å². The van der Waals surface area contributed by atoms with Gasteiger partial charge in [-0.1, -0.05) is 42.5 Å². The van der Waals surface area contributed by atoms with Crippen LogP contribution in [0, 0.1) is 5.92 Å². The summed E-state index contributed by atoms with van der Waals surface area (Å²) in [5.74, 6) is -0.443. The molecule has 1 aliphatic heterocycles. The van der Waals surface area contributed by atoms with Gasteiger partial charge in [0.2, 0.25) is 6.29 Å². The predicted molar refractivity (Wildman–Crippen MR) is 110 cm³/mol. The molecule has 1 aliphatic rings. The molecule has 3 atom stereocenters. The molecular weight excluding hydrogens is 370 g/mol. The standard InChI is InChI=1S/C23H27NO5/c1-2-28-23-17(11-8-14-25)18(16-9-4-3-5-10-16)15-21(29-23)22(27)24-19-12-6-7-13-20(19)26/h3-7,9-10,12-13,15,17-18,23,25-26H,2,8,11,14H2,1H3,(H,24,27). The molecule has 6 heteroatoms. The number of aromatic hydroxyl groups is 1. The number of amides is 1. The summed E-state index contributed by atoms with van der Waals surface area (Å²) in [4.78, 5) is 12.9. The Morgan fingerprint density at radius 2 is 1.86 bits per heavy atom. The zero-order chi connectivity index (χ0) is 20.6. The Morgan fingerprint density at radius 1 is 1.14 bits per heavy atom. The fourth-order valence-electron chi connectivity index (χ4n) is 3.58. The van der Waals surface area contributed by atoms with E-state index in [-0.39, 0.29) is 30.0 Å². The quantitative estimate of drug-likeness (QED) is 0.590. The normalized spacial score (nSPS) is 21.2. The van der Waals surface area contributed by atoms with E-state index >= 15 is 0 Å². The molecule has 1 heterocycles. The van der Waals surface area contributed by atoms with E-state index in [4.69, 9.17) is 9.47 Å². The average Bonchev–Trinajstić information content (AvgIpc) is 2.74. The van der Waals surface area contributed by atoms with Gasteiger partial charge in [0.05, 0.1) is 5.69 Å². The molecule has 0 aliphatic carbocycles. The minimum atomic E-state index is -0.605. The van der Waals surface area contributed by atoms with Crippen molar-refractivity contribution in [2.24, 2.45) is 5.92 Å². The van der Waals surface area contributed by atoms with Crippen LogP contribution in [0.4, 0.5) is 5.69 Å². The van der Waals surface area contributed by atoms with E-state index in [0.29, 0.717) is 25.1 Å². The smallest absolute Gasteiger partial charge is 0.290 e. The largest absolute Gasteiger partial charge is 0.506 e. The molecule has 0 saturated heterocycles. The Morgan fingerprint density at radius 3 is 2.55 bits per heavy atom. The van der Waals surface area contributed by atoms with Crippen LogP contribution in [0.15, 0.2) is 66.4 Å². The van der Waals surface area contributed by atoms with Crippen molar-refractivity contribution in [3.05, 3.63) is 72.0 Å². The number of phenolic OH excluding ortho intramolecular Hbond substituents is 1. The molecule has 0 fully saturated rings. The highest BCUT2D eigenvalue weighted by Crippen LogP contribution is 2.39. The van der Waals surface area contributed by atoms with Crippen molar-refractivity contribution < 1.29 is 24.5 Å².